The quantitative estimate of drug-likeness (QED) is 0.829. The Morgan fingerprint density at radius 2 is 1.60 bits per heavy atom. The Hall–Kier alpha value is -0.570. The first-order valence-corrected chi connectivity index (χ1v) is 7.93. The van der Waals surface area contributed by atoms with E-state index in [9.17, 15) is 4.79 Å². The molecule has 118 valence electrons. The van der Waals surface area contributed by atoms with E-state index < -0.39 is 0 Å². The van der Waals surface area contributed by atoms with E-state index in [-0.39, 0.29) is 11.4 Å². The molecule has 20 heavy (non-hydrogen) atoms. The summed E-state index contributed by atoms with van der Waals surface area (Å²) in [5.74, 6) is 0.138. The predicted molar refractivity (Wildman–Crippen MR) is 85.7 cm³/mol. The van der Waals surface area contributed by atoms with E-state index in [0.29, 0.717) is 23.3 Å². The normalized spacial score (nSPS) is 22.6. The first kappa shape index (κ1) is 17.5. The van der Waals surface area contributed by atoms with Gasteiger partial charge in [0.1, 0.15) is 0 Å². The zero-order valence-electron chi connectivity index (χ0n) is 14.5. The molecule has 0 aromatic rings. The third-order valence-electron chi connectivity index (χ3n) is 3.85. The second-order valence-electron chi connectivity index (χ2n) is 9.11. The Balaban J connectivity index is 2.37. The van der Waals surface area contributed by atoms with Crippen LogP contribution in [0.3, 0.4) is 0 Å². The summed E-state index contributed by atoms with van der Waals surface area (Å²) in [7, 11) is 0. The van der Waals surface area contributed by atoms with Crippen molar-refractivity contribution in [2.45, 2.75) is 85.7 Å². The molecule has 0 aliphatic heterocycles. The monoisotopic (exact) mass is 282 g/mol. The fourth-order valence-corrected chi connectivity index (χ4v) is 3.86. The van der Waals surface area contributed by atoms with Crippen LogP contribution in [0.5, 0.6) is 0 Å². The second-order valence-corrected chi connectivity index (χ2v) is 9.11. The molecule has 0 saturated heterocycles. The molecule has 0 heterocycles. The van der Waals surface area contributed by atoms with Crippen LogP contribution in [0.2, 0.25) is 0 Å². The average Bonchev–Trinajstić information content (AvgIpc) is 2.08. The van der Waals surface area contributed by atoms with Gasteiger partial charge in [0.2, 0.25) is 5.91 Å². The van der Waals surface area contributed by atoms with Gasteiger partial charge in [0.25, 0.3) is 0 Å². The van der Waals surface area contributed by atoms with Gasteiger partial charge in [-0.2, -0.15) is 0 Å². The van der Waals surface area contributed by atoms with Crippen molar-refractivity contribution in [3.05, 3.63) is 0 Å². The lowest BCUT2D eigenvalue weighted by Crippen LogP contribution is -2.46. The van der Waals surface area contributed by atoms with Crippen LogP contribution < -0.4 is 10.6 Å². The fourth-order valence-electron chi connectivity index (χ4n) is 3.86. The van der Waals surface area contributed by atoms with Gasteiger partial charge in [-0.1, -0.05) is 27.7 Å². The van der Waals surface area contributed by atoms with E-state index in [4.69, 9.17) is 0 Å². The van der Waals surface area contributed by atoms with Crippen LogP contribution in [-0.4, -0.2) is 24.0 Å². The molecule has 3 nitrogen and oxygen atoms in total. The summed E-state index contributed by atoms with van der Waals surface area (Å²) in [6, 6.07) is 0.538. The van der Waals surface area contributed by atoms with Gasteiger partial charge in [0, 0.05) is 24.5 Å². The van der Waals surface area contributed by atoms with Crippen LogP contribution in [0.25, 0.3) is 0 Å². The summed E-state index contributed by atoms with van der Waals surface area (Å²) in [5, 5.41) is 6.60. The van der Waals surface area contributed by atoms with Crippen LogP contribution in [0.1, 0.15) is 74.1 Å². The van der Waals surface area contributed by atoms with Crippen molar-refractivity contribution in [1.82, 2.24) is 10.6 Å². The molecule has 0 aromatic carbocycles. The van der Waals surface area contributed by atoms with Gasteiger partial charge in [-0.05, 0) is 50.9 Å². The molecule has 3 heteroatoms. The first-order valence-electron chi connectivity index (χ1n) is 7.93. The molecule has 1 fully saturated rings. The fraction of sp³-hybridized carbons (Fsp3) is 0.941. The molecule has 0 spiro atoms. The summed E-state index contributed by atoms with van der Waals surface area (Å²) in [5.41, 5.74) is 0.659. The summed E-state index contributed by atoms with van der Waals surface area (Å²) in [4.78, 5) is 11.8. The van der Waals surface area contributed by atoms with E-state index in [1.165, 1.54) is 19.3 Å². The summed E-state index contributed by atoms with van der Waals surface area (Å²) in [6.45, 7) is 16.3. The molecule has 0 bridgehead atoms. The van der Waals surface area contributed by atoms with Gasteiger partial charge >= 0.3 is 0 Å². The Kier molecular flexibility index (Phi) is 5.29. The van der Waals surface area contributed by atoms with Crippen LogP contribution in [0.15, 0.2) is 0 Å². The van der Waals surface area contributed by atoms with Crippen molar-refractivity contribution in [2.75, 3.05) is 6.54 Å². The highest BCUT2D eigenvalue weighted by molar-refractivity contribution is 5.76. The number of hydrogen-bond donors (Lipinski definition) is 2. The Bertz CT molecular complexity index is 323. The highest BCUT2D eigenvalue weighted by Crippen LogP contribution is 2.45. The summed E-state index contributed by atoms with van der Waals surface area (Å²) in [6.07, 6.45) is 4.26. The molecule has 0 aromatic heterocycles. The van der Waals surface area contributed by atoms with E-state index >= 15 is 0 Å². The van der Waals surface area contributed by atoms with Crippen molar-refractivity contribution in [3.63, 3.8) is 0 Å². The number of rotatable bonds is 4. The minimum Gasteiger partial charge on any atom is -0.351 e. The van der Waals surface area contributed by atoms with Crippen molar-refractivity contribution >= 4 is 5.91 Å². The maximum atomic E-state index is 11.8. The van der Waals surface area contributed by atoms with Gasteiger partial charge < -0.3 is 10.6 Å². The molecule has 1 amide bonds. The average molecular weight is 282 g/mol. The number of hydrogen-bond acceptors (Lipinski definition) is 2. The molecule has 1 saturated carbocycles. The molecular formula is C17H34N2O. The molecule has 0 unspecified atom stereocenters. The van der Waals surface area contributed by atoms with Crippen LogP contribution in [-0.2, 0) is 4.79 Å². The lowest BCUT2D eigenvalue weighted by molar-refractivity contribution is -0.122. The third kappa shape index (κ3) is 6.74. The molecule has 1 rings (SSSR count). The van der Waals surface area contributed by atoms with E-state index in [1.54, 1.807) is 0 Å². The summed E-state index contributed by atoms with van der Waals surface area (Å²) < 4.78 is 0. The van der Waals surface area contributed by atoms with Crippen LogP contribution in [0, 0.1) is 10.8 Å². The largest absolute Gasteiger partial charge is 0.351 e. The van der Waals surface area contributed by atoms with Crippen LogP contribution in [0.4, 0.5) is 0 Å². The zero-order chi connectivity index (χ0) is 15.6. The number of nitrogens with one attached hydrogen (secondary N) is 2. The molecule has 1 aliphatic carbocycles. The lowest BCUT2D eigenvalue weighted by atomic mass is 9.63. The minimum absolute atomic E-state index is 0.133. The van der Waals surface area contributed by atoms with Crippen molar-refractivity contribution in [1.29, 1.82) is 0 Å². The molecular weight excluding hydrogens is 248 g/mol. The van der Waals surface area contributed by atoms with Gasteiger partial charge in [0.05, 0.1) is 0 Å². The highest BCUT2D eigenvalue weighted by Gasteiger charge is 2.38. The molecule has 1 aliphatic rings. The zero-order valence-corrected chi connectivity index (χ0v) is 14.5. The highest BCUT2D eigenvalue weighted by atomic mass is 16.1. The van der Waals surface area contributed by atoms with E-state index in [2.05, 4.69) is 38.3 Å². The van der Waals surface area contributed by atoms with Gasteiger partial charge in [-0.3, -0.25) is 4.79 Å². The Labute approximate surface area is 125 Å². The summed E-state index contributed by atoms with van der Waals surface area (Å²) >= 11 is 0. The molecule has 0 radical (unpaired) electrons. The standard InChI is InChI=1S/C17H34N2O/c1-15(2,3)19-14(20)8-9-18-13-10-16(4,5)12-17(6,7)11-13/h13,18H,8-12H2,1-7H3,(H,19,20). The molecule has 0 atom stereocenters. The van der Waals surface area contributed by atoms with Crippen molar-refractivity contribution in [2.24, 2.45) is 10.8 Å². The second kappa shape index (κ2) is 6.05. The Morgan fingerprint density at radius 1 is 1.10 bits per heavy atom. The lowest BCUT2D eigenvalue weighted by Gasteiger charge is -2.45. The topological polar surface area (TPSA) is 41.1 Å². The number of carbonyl (C=O) groups excluding carboxylic acids is 1. The third-order valence-corrected chi connectivity index (χ3v) is 3.85. The minimum atomic E-state index is -0.133. The molecule has 2 N–H and O–H groups in total. The van der Waals surface area contributed by atoms with Gasteiger partial charge in [0.15, 0.2) is 0 Å². The van der Waals surface area contributed by atoms with Crippen LogP contribution >= 0.6 is 0 Å². The number of carbonyl (C=O) groups is 1. The predicted octanol–water partition coefficient (Wildman–Crippen LogP) is 3.49. The maximum absolute atomic E-state index is 11.8. The number of amides is 1. The Morgan fingerprint density at radius 3 is 2.05 bits per heavy atom. The first-order chi connectivity index (χ1) is 8.89. The SMILES string of the molecule is CC1(C)CC(NCCC(=O)NC(C)(C)C)CC(C)(C)C1. The van der Waals surface area contributed by atoms with Crippen molar-refractivity contribution in [3.8, 4) is 0 Å². The van der Waals surface area contributed by atoms with Gasteiger partial charge in [-0.25, -0.2) is 0 Å². The smallest absolute Gasteiger partial charge is 0.221 e. The van der Waals surface area contributed by atoms with Crippen molar-refractivity contribution < 1.29 is 4.79 Å². The van der Waals surface area contributed by atoms with E-state index in [0.717, 1.165) is 6.54 Å². The van der Waals surface area contributed by atoms with E-state index in [1.807, 2.05) is 20.8 Å². The maximum Gasteiger partial charge on any atom is 0.221 e. The van der Waals surface area contributed by atoms with Gasteiger partial charge in [-0.15, -0.1) is 0 Å².